The van der Waals surface area contributed by atoms with Gasteiger partial charge < -0.3 is 14.0 Å². The number of aromatic amines is 1. The van der Waals surface area contributed by atoms with Gasteiger partial charge in [0.05, 0.1) is 6.54 Å². The molecule has 12 heteroatoms. The summed E-state index contributed by atoms with van der Waals surface area (Å²) in [5.41, 5.74) is 4.51. The number of carbonyl (C=O) groups excluding carboxylic acids is 2. The molecule has 0 amide bonds. The third-order valence-corrected chi connectivity index (χ3v) is 7.23. The molecular weight excluding hydrogens is 524 g/mol. The highest BCUT2D eigenvalue weighted by Crippen LogP contribution is 2.39. The van der Waals surface area contributed by atoms with Crippen LogP contribution in [0.3, 0.4) is 0 Å². The average molecular weight is 553 g/mol. The summed E-state index contributed by atoms with van der Waals surface area (Å²) in [6, 6.07) is 15.9. The first-order chi connectivity index (χ1) is 20.0. The molecule has 0 aliphatic heterocycles. The number of nitrogens with one attached hydrogen (secondary N) is 1. The molecular formula is C29H28N8O4. The molecule has 5 aromatic rings. The van der Waals surface area contributed by atoms with Crippen LogP contribution >= 0.6 is 0 Å². The summed E-state index contributed by atoms with van der Waals surface area (Å²) >= 11 is 0. The number of ether oxygens (including phenoxy) is 2. The van der Waals surface area contributed by atoms with Gasteiger partial charge in [-0.2, -0.15) is 5.21 Å². The summed E-state index contributed by atoms with van der Waals surface area (Å²) in [6.07, 6.45) is 5.29. The van der Waals surface area contributed by atoms with Crippen LogP contribution in [0.15, 0.2) is 48.5 Å². The van der Waals surface area contributed by atoms with Crippen LogP contribution in [0.25, 0.3) is 33.5 Å². The molecule has 1 aliphatic rings. The Hall–Kier alpha value is -5.00. The second-order valence-corrected chi connectivity index (χ2v) is 10.0. The lowest BCUT2D eigenvalue weighted by atomic mass is 9.88. The van der Waals surface area contributed by atoms with Crippen molar-refractivity contribution in [3.05, 3.63) is 59.9 Å². The second kappa shape index (κ2) is 11.2. The second-order valence-electron chi connectivity index (χ2n) is 10.0. The first-order valence-corrected chi connectivity index (χ1v) is 13.5. The Morgan fingerprint density at radius 1 is 0.854 bits per heavy atom. The Bertz CT molecular complexity index is 1720. The first-order valence-electron chi connectivity index (χ1n) is 13.5. The zero-order valence-corrected chi connectivity index (χ0v) is 22.7. The van der Waals surface area contributed by atoms with Crippen molar-refractivity contribution in [2.24, 2.45) is 0 Å². The molecule has 0 saturated heterocycles. The Labute approximate surface area is 235 Å². The Balaban J connectivity index is 1.56. The smallest absolute Gasteiger partial charge is 0.309 e. The van der Waals surface area contributed by atoms with Crippen LogP contribution in [0.2, 0.25) is 0 Å². The Morgan fingerprint density at radius 3 is 2.22 bits per heavy atom. The van der Waals surface area contributed by atoms with E-state index in [1.807, 2.05) is 53.1 Å². The molecule has 3 heterocycles. The van der Waals surface area contributed by atoms with Gasteiger partial charge in [0, 0.05) is 25.3 Å². The fraction of sp³-hybridized carbons (Fsp3) is 0.310. The van der Waals surface area contributed by atoms with E-state index in [0.717, 1.165) is 53.8 Å². The lowest BCUT2D eigenvalue weighted by molar-refractivity contribution is -0.133. The molecule has 208 valence electrons. The van der Waals surface area contributed by atoms with Crippen molar-refractivity contribution in [3.8, 4) is 34.3 Å². The molecule has 0 radical (unpaired) electrons. The number of nitrogens with zero attached hydrogens (tertiary/aromatic N) is 7. The van der Waals surface area contributed by atoms with Crippen LogP contribution in [0, 0.1) is 0 Å². The highest BCUT2D eigenvalue weighted by molar-refractivity contribution is 5.89. The number of hydrogen-bond donors (Lipinski definition) is 1. The van der Waals surface area contributed by atoms with Gasteiger partial charge in [0.15, 0.2) is 5.52 Å². The maximum atomic E-state index is 12.1. The largest absolute Gasteiger partial charge is 0.404 e. The van der Waals surface area contributed by atoms with Gasteiger partial charge in [0.1, 0.15) is 11.3 Å². The van der Waals surface area contributed by atoms with Crippen molar-refractivity contribution in [1.82, 2.24) is 40.4 Å². The molecule has 0 unspecified atom stereocenters. The lowest BCUT2D eigenvalue weighted by Gasteiger charge is -2.23. The maximum absolute atomic E-state index is 12.1. The predicted molar refractivity (Wildman–Crippen MR) is 148 cm³/mol. The minimum atomic E-state index is -0.543. The molecule has 0 atom stereocenters. The van der Waals surface area contributed by atoms with Gasteiger partial charge in [-0.05, 0) is 34.7 Å². The first kappa shape index (κ1) is 26.2. The van der Waals surface area contributed by atoms with Crippen LogP contribution < -0.4 is 9.47 Å². The topological polar surface area (TPSA) is 151 Å². The van der Waals surface area contributed by atoms with Gasteiger partial charge in [-0.3, -0.25) is 9.59 Å². The highest BCUT2D eigenvalue weighted by atomic mass is 16.6. The zero-order chi connectivity index (χ0) is 28.3. The summed E-state index contributed by atoms with van der Waals surface area (Å²) in [5, 5.41) is 22.8. The van der Waals surface area contributed by atoms with Crippen LogP contribution in [0.1, 0.15) is 63.3 Å². The molecule has 6 rings (SSSR count). The number of esters is 2. The molecule has 1 N–H and O–H groups in total. The minimum Gasteiger partial charge on any atom is -0.404 e. The lowest BCUT2D eigenvalue weighted by Crippen LogP contribution is -2.14. The van der Waals surface area contributed by atoms with Crippen molar-refractivity contribution >= 4 is 23.0 Å². The van der Waals surface area contributed by atoms with Crippen LogP contribution in [0.4, 0.5) is 0 Å². The minimum absolute atomic E-state index is 0.0163. The highest BCUT2D eigenvalue weighted by Gasteiger charge is 2.29. The van der Waals surface area contributed by atoms with E-state index in [-0.39, 0.29) is 17.7 Å². The molecule has 1 saturated carbocycles. The van der Waals surface area contributed by atoms with E-state index in [2.05, 4.69) is 30.8 Å². The van der Waals surface area contributed by atoms with Crippen molar-refractivity contribution in [2.75, 3.05) is 0 Å². The van der Waals surface area contributed by atoms with E-state index in [9.17, 15) is 9.59 Å². The number of H-pyrrole nitrogens is 1. The molecule has 0 bridgehead atoms. The summed E-state index contributed by atoms with van der Waals surface area (Å²) in [7, 11) is 0. The van der Waals surface area contributed by atoms with Crippen molar-refractivity contribution in [1.29, 1.82) is 0 Å². The standard InChI is InChI=1S/C29H28N8O4/c1-17(38)40-28-24-25(29(34-33-28)41-18(2)39)37(27(30-24)19-10-4-3-5-11-19)16-20-12-6-7-13-21(20)22-14-8-9-15-23(22)26-31-35-36-32-26/h6-9,12-15,19H,3-5,10-11,16H2,1-2H3,(H,31,32,35,36). The SMILES string of the molecule is CC(=O)Oc1nnc(OC(C)=O)c2c1nc(C1CCCCC1)n2Cc1ccccc1-c1ccccc1-c1nn[nH]n1. The van der Waals surface area contributed by atoms with Crippen molar-refractivity contribution in [2.45, 2.75) is 58.4 Å². The van der Waals surface area contributed by atoms with Crippen molar-refractivity contribution in [3.63, 3.8) is 0 Å². The number of imidazole rings is 1. The fourth-order valence-electron chi connectivity index (χ4n) is 5.54. The van der Waals surface area contributed by atoms with E-state index >= 15 is 0 Å². The molecule has 1 fully saturated rings. The van der Waals surface area contributed by atoms with Gasteiger partial charge in [-0.15, -0.1) is 20.4 Å². The summed E-state index contributed by atoms with van der Waals surface area (Å²) < 4.78 is 12.9. The number of carbonyl (C=O) groups is 2. The number of hydrogen-bond acceptors (Lipinski definition) is 10. The maximum Gasteiger partial charge on any atom is 0.309 e. The monoisotopic (exact) mass is 552 g/mol. The molecule has 3 aromatic heterocycles. The van der Waals surface area contributed by atoms with Gasteiger partial charge in [-0.1, -0.05) is 67.8 Å². The van der Waals surface area contributed by atoms with E-state index in [1.165, 1.54) is 20.3 Å². The van der Waals surface area contributed by atoms with E-state index < -0.39 is 11.9 Å². The number of rotatable bonds is 7. The summed E-state index contributed by atoms with van der Waals surface area (Å²) in [6.45, 7) is 2.99. The summed E-state index contributed by atoms with van der Waals surface area (Å²) in [4.78, 5) is 28.9. The third kappa shape index (κ3) is 5.28. The normalized spacial score (nSPS) is 13.8. The Morgan fingerprint density at radius 2 is 1.51 bits per heavy atom. The van der Waals surface area contributed by atoms with E-state index in [0.29, 0.717) is 23.4 Å². The van der Waals surface area contributed by atoms with Crippen LogP contribution in [-0.2, 0) is 16.1 Å². The van der Waals surface area contributed by atoms with Gasteiger partial charge in [0.25, 0.3) is 11.8 Å². The summed E-state index contributed by atoms with van der Waals surface area (Å²) in [5.74, 6) is 0.394. The molecule has 2 aromatic carbocycles. The van der Waals surface area contributed by atoms with Crippen LogP contribution in [0.5, 0.6) is 11.8 Å². The van der Waals surface area contributed by atoms with E-state index in [4.69, 9.17) is 14.5 Å². The molecule has 41 heavy (non-hydrogen) atoms. The quantitative estimate of drug-likeness (QED) is 0.283. The van der Waals surface area contributed by atoms with Gasteiger partial charge >= 0.3 is 11.9 Å². The Kier molecular flexibility index (Phi) is 7.19. The molecule has 0 spiro atoms. The fourth-order valence-corrected chi connectivity index (χ4v) is 5.54. The molecule has 12 nitrogen and oxygen atoms in total. The predicted octanol–water partition coefficient (Wildman–Crippen LogP) is 4.62. The zero-order valence-electron chi connectivity index (χ0n) is 22.7. The number of benzene rings is 2. The van der Waals surface area contributed by atoms with Crippen molar-refractivity contribution < 1.29 is 19.1 Å². The van der Waals surface area contributed by atoms with Crippen LogP contribution in [-0.4, -0.2) is 52.3 Å². The van der Waals surface area contributed by atoms with Gasteiger partial charge in [-0.25, -0.2) is 4.98 Å². The number of tetrazole rings is 1. The average Bonchev–Trinajstić information content (AvgIpc) is 3.64. The van der Waals surface area contributed by atoms with E-state index in [1.54, 1.807) is 0 Å². The number of aromatic nitrogens is 8. The number of fused-ring (bicyclic) bond motifs is 1. The molecule has 1 aliphatic carbocycles. The van der Waals surface area contributed by atoms with Gasteiger partial charge in [0.2, 0.25) is 5.82 Å². The third-order valence-electron chi connectivity index (χ3n) is 7.23.